The Labute approximate surface area is 96.3 Å². The molecule has 5 heteroatoms. The average Bonchev–Trinajstić information content (AvgIpc) is 2.65. The highest BCUT2D eigenvalue weighted by Crippen LogP contribution is 2.36. The van der Waals surface area contributed by atoms with Crippen molar-refractivity contribution in [3.8, 4) is 11.5 Å². The van der Waals surface area contributed by atoms with Gasteiger partial charge in [-0.15, -0.1) is 0 Å². The first-order valence-corrected chi connectivity index (χ1v) is 5.50. The molecule has 0 bridgehead atoms. The Hall–Kier alpha value is -0.780. The van der Waals surface area contributed by atoms with Gasteiger partial charge in [-0.2, -0.15) is 0 Å². The second kappa shape index (κ2) is 4.83. The Morgan fingerprint density at radius 3 is 2.80 bits per heavy atom. The fourth-order valence-corrected chi connectivity index (χ4v) is 1.86. The maximum atomic E-state index is 8.65. The average molecular weight is 274 g/mol. The zero-order valence-electron chi connectivity index (χ0n) is 8.12. The van der Waals surface area contributed by atoms with Crippen LogP contribution < -0.4 is 14.8 Å². The number of hydrogen-bond donors (Lipinski definition) is 2. The van der Waals surface area contributed by atoms with E-state index in [2.05, 4.69) is 21.2 Å². The standard InChI is InChI=1S/C10H12BrNO3/c11-8-4-10-9(14-6-15-10)3-7(8)5-12-1-2-13/h3-4,12-13H,1-2,5-6H2. The Kier molecular flexibility index (Phi) is 3.45. The summed E-state index contributed by atoms with van der Waals surface area (Å²) in [6.07, 6.45) is 0. The van der Waals surface area contributed by atoms with Crippen LogP contribution in [-0.4, -0.2) is 25.1 Å². The van der Waals surface area contributed by atoms with Crippen LogP contribution in [0.2, 0.25) is 0 Å². The van der Waals surface area contributed by atoms with E-state index in [9.17, 15) is 0 Å². The summed E-state index contributed by atoms with van der Waals surface area (Å²) in [5, 5.41) is 11.8. The van der Waals surface area contributed by atoms with Crippen LogP contribution in [0.25, 0.3) is 0 Å². The van der Waals surface area contributed by atoms with Gasteiger partial charge in [-0.25, -0.2) is 0 Å². The molecule has 82 valence electrons. The van der Waals surface area contributed by atoms with E-state index in [-0.39, 0.29) is 13.4 Å². The lowest BCUT2D eigenvalue weighted by molar-refractivity contribution is 0.174. The monoisotopic (exact) mass is 273 g/mol. The summed E-state index contributed by atoms with van der Waals surface area (Å²) in [5.41, 5.74) is 1.09. The van der Waals surface area contributed by atoms with Crippen molar-refractivity contribution in [3.05, 3.63) is 22.2 Å². The minimum Gasteiger partial charge on any atom is -0.454 e. The van der Waals surface area contributed by atoms with E-state index in [4.69, 9.17) is 14.6 Å². The van der Waals surface area contributed by atoms with Crippen molar-refractivity contribution in [2.75, 3.05) is 19.9 Å². The summed E-state index contributed by atoms with van der Waals surface area (Å²) in [7, 11) is 0. The van der Waals surface area contributed by atoms with Crippen LogP contribution in [-0.2, 0) is 6.54 Å². The number of nitrogens with one attached hydrogen (secondary N) is 1. The summed E-state index contributed by atoms with van der Waals surface area (Å²) < 4.78 is 11.5. The van der Waals surface area contributed by atoms with Crippen LogP contribution in [0.5, 0.6) is 11.5 Å². The molecule has 1 aromatic rings. The van der Waals surface area contributed by atoms with Crippen LogP contribution in [0, 0.1) is 0 Å². The lowest BCUT2D eigenvalue weighted by Crippen LogP contribution is -2.17. The first-order chi connectivity index (χ1) is 7.31. The number of halogens is 1. The van der Waals surface area contributed by atoms with Gasteiger partial charge in [0.25, 0.3) is 0 Å². The molecule has 0 saturated carbocycles. The minimum absolute atomic E-state index is 0.141. The summed E-state index contributed by atoms with van der Waals surface area (Å²) in [6.45, 7) is 1.70. The van der Waals surface area contributed by atoms with E-state index in [1.54, 1.807) is 0 Å². The zero-order chi connectivity index (χ0) is 10.7. The van der Waals surface area contributed by atoms with E-state index in [1.165, 1.54) is 0 Å². The van der Waals surface area contributed by atoms with Crippen molar-refractivity contribution >= 4 is 15.9 Å². The molecule has 2 rings (SSSR count). The highest BCUT2D eigenvalue weighted by molar-refractivity contribution is 9.10. The summed E-state index contributed by atoms with van der Waals surface area (Å²) >= 11 is 3.46. The highest BCUT2D eigenvalue weighted by atomic mass is 79.9. The maximum Gasteiger partial charge on any atom is 0.231 e. The predicted molar refractivity (Wildman–Crippen MR) is 59.1 cm³/mol. The molecule has 0 aromatic heterocycles. The fraction of sp³-hybridized carbons (Fsp3) is 0.400. The SMILES string of the molecule is OCCNCc1cc2c(cc1Br)OCO2. The summed E-state index contributed by atoms with van der Waals surface area (Å²) in [5.74, 6) is 1.55. The third-order valence-electron chi connectivity index (χ3n) is 2.15. The largest absolute Gasteiger partial charge is 0.454 e. The van der Waals surface area contributed by atoms with Crippen LogP contribution >= 0.6 is 15.9 Å². The van der Waals surface area contributed by atoms with Gasteiger partial charge in [-0.05, 0) is 17.7 Å². The molecule has 15 heavy (non-hydrogen) atoms. The van der Waals surface area contributed by atoms with Crippen molar-refractivity contribution in [3.63, 3.8) is 0 Å². The van der Waals surface area contributed by atoms with Gasteiger partial charge in [-0.1, -0.05) is 15.9 Å². The summed E-state index contributed by atoms with van der Waals surface area (Å²) in [4.78, 5) is 0. The van der Waals surface area contributed by atoms with Gasteiger partial charge >= 0.3 is 0 Å². The second-order valence-electron chi connectivity index (χ2n) is 3.20. The zero-order valence-corrected chi connectivity index (χ0v) is 9.71. The number of aliphatic hydroxyl groups excluding tert-OH is 1. The van der Waals surface area contributed by atoms with E-state index in [1.807, 2.05) is 12.1 Å². The second-order valence-corrected chi connectivity index (χ2v) is 4.05. The number of benzene rings is 1. The van der Waals surface area contributed by atoms with E-state index in [0.717, 1.165) is 21.5 Å². The smallest absolute Gasteiger partial charge is 0.231 e. The number of hydrogen-bond acceptors (Lipinski definition) is 4. The first kappa shape index (κ1) is 10.7. The fourth-order valence-electron chi connectivity index (χ4n) is 1.40. The molecule has 0 fully saturated rings. The van der Waals surface area contributed by atoms with Crippen molar-refractivity contribution in [1.29, 1.82) is 0 Å². The van der Waals surface area contributed by atoms with Gasteiger partial charge < -0.3 is 19.9 Å². The molecule has 0 spiro atoms. The van der Waals surface area contributed by atoms with Crippen LogP contribution in [0.4, 0.5) is 0 Å². The Bertz CT molecular complexity index is 357. The van der Waals surface area contributed by atoms with Gasteiger partial charge in [0.05, 0.1) is 6.61 Å². The van der Waals surface area contributed by atoms with Crippen LogP contribution in [0.1, 0.15) is 5.56 Å². The lowest BCUT2D eigenvalue weighted by atomic mass is 10.2. The van der Waals surface area contributed by atoms with Crippen molar-refractivity contribution < 1.29 is 14.6 Å². The van der Waals surface area contributed by atoms with Gasteiger partial charge in [0, 0.05) is 17.6 Å². The molecule has 1 heterocycles. The molecule has 2 N–H and O–H groups in total. The molecule has 0 saturated heterocycles. The van der Waals surface area contributed by atoms with Crippen LogP contribution in [0.15, 0.2) is 16.6 Å². The number of fused-ring (bicyclic) bond motifs is 1. The molecule has 1 aliphatic rings. The Morgan fingerprint density at radius 1 is 1.33 bits per heavy atom. The normalized spacial score (nSPS) is 13.2. The third-order valence-corrected chi connectivity index (χ3v) is 2.88. The molecule has 0 atom stereocenters. The molecule has 4 nitrogen and oxygen atoms in total. The third kappa shape index (κ3) is 2.42. The molecule has 0 unspecified atom stereocenters. The van der Waals surface area contributed by atoms with E-state index in [0.29, 0.717) is 13.1 Å². The first-order valence-electron chi connectivity index (χ1n) is 4.71. The van der Waals surface area contributed by atoms with Gasteiger partial charge in [0.15, 0.2) is 11.5 Å². The van der Waals surface area contributed by atoms with Crippen molar-refractivity contribution in [1.82, 2.24) is 5.32 Å². The molecule has 1 aromatic carbocycles. The number of rotatable bonds is 4. The molecule has 1 aliphatic heterocycles. The Morgan fingerprint density at radius 2 is 2.07 bits per heavy atom. The van der Waals surface area contributed by atoms with Crippen molar-refractivity contribution in [2.24, 2.45) is 0 Å². The molecular weight excluding hydrogens is 262 g/mol. The summed E-state index contributed by atoms with van der Waals surface area (Å²) in [6, 6.07) is 3.84. The van der Waals surface area contributed by atoms with Crippen molar-refractivity contribution in [2.45, 2.75) is 6.54 Å². The number of ether oxygens (including phenoxy) is 2. The van der Waals surface area contributed by atoms with Crippen LogP contribution in [0.3, 0.4) is 0 Å². The predicted octanol–water partition coefficient (Wildman–Crippen LogP) is 1.26. The lowest BCUT2D eigenvalue weighted by Gasteiger charge is -2.07. The van der Waals surface area contributed by atoms with Gasteiger partial charge in [0.2, 0.25) is 6.79 Å². The molecule has 0 radical (unpaired) electrons. The van der Waals surface area contributed by atoms with E-state index < -0.39 is 0 Å². The molecule has 0 amide bonds. The highest BCUT2D eigenvalue weighted by Gasteiger charge is 2.15. The molecule has 0 aliphatic carbocycles. The Balaban J connectivity index is 2.10. The van der Waals surface area contributed by atoms with Gasteiger partial charge in [0.1, 0.15) is 0 Å². The maximum absolute atomic E-state index is 8.65. The topological polar surface area (TPSA) is 50.7 Å². The van der Waals surface area contributed by atoms with Gasteiger partial charge in [-0.3, -0.25) is 0 Å². The quantitative estimate of drug-likeness (QED) is 0.812. The minimum atomic E-state index is 0.141. The number of aliphatic hydroxyl groups is 1. The molecular formula is C10H12BrNO3. The van der Waals surface area contributed by atoms with E-state index >= 15 is 0 Å².